The maximum absolute atomic E-state index is 13.0. The Balaban J connectivity index is 1.61. The lowest BCUT2D eigenvalue weighted by Gasteiger charge is -2.32. The van der Waals surface area contributed by atoms with Crippen molar-refractivity contribution < 1.29 is 17.7 Å². The molecule has 1 aliphatic heterocycles. The van der Waals surface area contributed by atoms with Crippen LogP contribution in [0.5, 0.6) is 0 Å². The molecular formula is C21H30N4O4S. The minimum Gasteiger partial charge on any atom is -0.344 e. The first kappa shape index (κ1) is 22.4. The number of carbonyl (C=O) groups is 1. The number of carbonyl (C=O) groups excluding carboxylic acids is 1. The van der Waals surface area contributed by atoms with E-state index in [1.807, 2.05) is 26.0 Å². The Kier molecular flexibility index (Phi) is 6.33. The second kappa shape index (κ2) is 8.47. The number of aryl methyl sites for hydroxylation is 1. The van der Waals surface area contributed by atoms with Crippen LogP contribution >= 0.6 is 0 Å². The van der Waals surface area contributed by atoms with Crippen molar-refractivity contribution in [3.63, 3.8) is 0 Å². The van der Waals surface area contributed by atoms with E-state index >= 15 is 0 Å². The molecule has 1 amide bonds. The fraction of sp³-hybridized carbons (Fsp3) is 0.571. The molecule has 1 aromatic carbocycles. The van der Waals surface area contributed by atoms with Crippen LogP contribution in [0.25, 0.3) is 0 Å². The first-order valence-corrected chi connectivity index (χ1v) is 11.7. The summed E-state index contributed by atoms with van der Waals surface area (Å²) in [6.45, 7) is 10.1. The molecule has 9 heteroatoms. The number of rotatable bonds is 6. The van der Waals surface area contributed by atoms with Crippen LogP contribution in [0.1, 0.15) is 63.7 Å². The molecule has 0 unspecified atom stereocenters. The quantitative estimate of drug-likeness (QED) is 0.749. The van der Waals surface area contributed by atoms with Gasteiger partial charge in [-0.3, -0.25) is 4.79 Å². The molecule has 1 N–H and O–H groups in total. The zero-order valence-electron chi connectivity index (χ0n) is 18.2. The number of amides is 1. The summed E-state index contributed by atoms with van der Waals surface area (Å²) < 4.78 is 32.4. The summed E-state index contributed by atoms with van der Waals surface area (Å²) in [5.41, 5.74) is 0.333. The Morgan fingerprint density at radius 1 is 1.20 bits per heavy atom. The summed E-state index contributed by atoms with van der Waals surface area (Å²) >= 11 is 0. The van der Waals surface area contributed by atoms with E-state index in [0.717, 1.165) is 5.56 Å². The maximum Gasteiger partial charge on any atom is 0.243 e. The number of benzene rings is 1. The summed E-state index contributed by atoms with van der Waals surface area (Å²) in [5.74, 6) is 0.815. The fourth-order valence-corrected chi connectivity index (χ4v) is 5.02. The Labute approximate surface area is 178 Å². The SMILES string of the molecule is Cc1nc(C(C)(C)NC(=O)C2CCN(S(=O)(=O)c3ccc(C(C)C)cc3)CC2)no1. The van der Waals surface area contributed by atoms with Crippen molar-refractivity contribution in [2.75, 3.05) is 13.1 Å². The summed E-state index contributed by atoms with van der Waals surface area (Å²) in [4.78, 5) is 17.2. The molecule has 0 aliphatic carbocycles. The Bertz CT molecular complexity index is 988. The van der Waals surface area contributed by atoms with E-state index in [1.165, 1.54) is 4.31 Å². The third kappa shape index (κ3) is 4.73. The molecule has 1 saturated heterocycles. The standard InChI is InChI=1S/C21H30N4O4S/c1-14(2)16-6-8-18(9-7-16)30(27,28)25-12-10-17(11-13-25)19(26)23-21(4,5)20-22-15(3)29-24-20/h6-9,14,17H,10-13H2,1-5H3,(H,23,26). The van der Waals surface area contributed by atoms with Gasteiger partial charge in [-0.2, -0.15) is 9.29 Å². The van der Waals surface area contributed by atoms with E-state index in [1.54, 1.807) is 19.1 Å². The molecular weight excluding hydrogens is 404 g/mol. The monoisotopic (exact) mass is 434 g/mol. The van der Waals surface area contributed by atoms with Gasteiger partial charge in [-0.1, -0.05) is 31.1 Å². The van der Waals surface area contributed by atoms with Gasteiger partial charge in [-0.05, 0) is 50.3 Å². The van der Waals surface area contributed by atoms with Crippen LogP contribution in [0.3, 0.4) is 0 Å². The van der Waals surface area contributed by atoms with Gasteiger partial charge in [0, 0.05) is 25.9 Å². The first-order chi connectivity index (χ1) is 14.0. The average molecular weight is 435 g/mol. The van der Waals surface area contributed by atoms with Gasteiger partial charge in [0.05, 0.1) is 10.4 Å². The molecule has 8 nitrogen and oxygen atoms in total. The fourth-order valence-electron chi connectivity index (χ4n) is 3.55. The third-order valence-electron chi connectivity index (χ3n) is 5.53. The number of nitrogens with zero attached hydrogens (tertiary/aromatic N) is 3. The Morgan fingerprint density at radius 3 is 2.30 bits per heavy atom. The second-order valence-corrected chi connectivity index (χ2v) is 10.6. The predicted octanol–water partition coefficient (Wildman–Crippen LogP) is 2.95. The smallest absolute Gasteiger partial charge is 0.243 e. The minimum absolute atomic E-state index is 0.124. The molecule has 164 valence electrons. The van der Waals surface area contributed by atoms with Gasteiger partial charge in [0.25, 0.3) is 0 Å². The van der Waals surface area contributed by atoms with Gasteiger partial charge < -0.3 is 9.84 Å². The first-order valence-electron chi connectivity index (χ1n) is 10.2. The molecule has 0 atom stereocenters. The zero-order chi connectivity index (χ0) is 22.1. The lowest BCUT2D eigenvalue weighted by atomic mass is 9.95. The minimum atomic E-state index is -3.56. The summed E-state index contributed by atoms with van der Waals surface area (Å²) in [5, 5.41) is 6.86. The number of hydrogen-bond acceptors (Lipinski definition) is 6. The summed E-state index contributed by atoms with van der Waals surface area (Å²) in [7, 11) is -3.56. The van der Waals surface area contributed by atoms with Crippen molar-refractivity contribution >= 4 is 15.9 Å². The predicted molar refractivity (Wildman–Crippen MR) is 112 cm³/mol. The van der Waals surface area contributed by atoms with Crippen LogP contribution in [0, 0.1) is 12.8 Å². The van der Waals surface area contributed by atoms with Crippen molar-refractivity contribution in [1.82, 2.24) is 19.8 Å². The molecule has 2 heterocycles. The summed E-state index contributed by atoms with van der Waals surface area (Å²) in [6, 6.07) is 7.05. The number of aromatic nitrogens is 2. The van der Waals surface area contributed by atoms with Crippen molar-refractivity contribution in [3.8, 4) is 0 Å². The van der Waals surface area contributed by atoms with Crippen LogP contribution in [0.4, 0.5) is 0 Å². The second-order valence-electron chi connectivity index (χ2n) is 8.65. The van der Waals surface area contributed by atoms with E-state index in [9.17, 15) is 13.2 Å². The van der Waals surface area contributed by atoms with E-state index in [4.69, 9.17) is 4.52 Å². The lowest BCUT2D eigenvalue weighted by molar-refractivity contribution is -0.128. The molecule has 0 saturated carbocycles. The molecule has 2 aromatic rings. The molecule has 0 spiro atoms. The zero-order valence-corrected chi connectivity index (χ0v) is 19.0. The maximum atomic E-state index is 13.0. The highest BCUT2D eigenvalue weighted by Gasteiger charge is 2.35. The molecule has 0 radical (unpaired) electrons. The van der Waals surface area contributed by atoms with Gasteiger partial charge in [-0.15, -0.1) is 0 Å². The normalized spacial score (nSPS) is 16.7. The van der Waals surface area contributed by atoms with Crippen LogP contribution in [0.15, 0.2) is 33.7 Å². The topological polar surface area (TPSA) is 105 Å². The average Bonchev–Trinajstić information content (AvgIpc) is 3.15. The molecule has 1 aliphatic rings. The highest BCUT2D eigenvalue weighted by atomic mass is 32.2. The largest absolute Gasteiger partial charge is 0.344 e. The van der Waals surface area contributed by atoms with Gasteiger partial charge in [0.2, 0.25) is 21.8 Å². The van der Waals surface area contributed by atoms with Crippen LogP contribution in [-0.4, -0.2) is 41.9 Å². The van der Waals surface area contributed by atoms with Crippen molar-refractivity contribution in [2.45, 2.75) is 63.8 Å². The highest BCUT2D eigenvalue weighted by Crippen LogP contribution is 2.26. The van der Waals surface area contributed by atoms with Crippen molar-refractivity contribution in [2.24, 2.45) is 5.92 Å². The highest BCUT2D eigenvalue weighted by molar-refractivity contribution is 7.89. The molecule has 0 bridgehead atoms. The third-order valence-corrected chi connectivity index (χ3v) is 7.44. The van der Waals surface area contributed by atoms with Gasteiger partial charge in [-0.25, -0.2) is 8.42 Å². The Morgan fingerprint density at radius 2 is 1.80 bits per heavy atom. The van der Waals surface area contributed by atoms with E-state index in [2.05, 4.69) is 29.3 Å². The molecule has 30 heavy (non-hydrogen) atoms. The number of sulfonamides is 1. The number of hydrogen-bond donors (Lipinski definition) is 1. The molecule has 3 rings (SSSR count). The number of piperidine rings is 1. The Hall–Kier alpha value is -2.26. The van der Waals surface area contributed by atoms with E-state index in [0.29, 0.717) is 48.5 Å². The van der Waals surface area contributed by atoms with Crippen molar-refractivity contribution in [1.29, 1.82) is 0 Å². The lowest BCUT2D eigenvalue weighted by Crippen LogP contribution is -2.48. The number of nitrogens with one attached hydrogen (secondary N) is 1. The van der Waals surface area contributed by atoms with E-state index in [-0.39, 0.29) is 11.8 Å². The molecule has 1 fully saturated rings. The summed E-state index contributed by atoms with van der Waals surface area (Å²) in [6.07, 6.45) is 0.937. The van der Waals surface area contributed by atoms with Gasteiger partial charge in [0.15, 0.2) is 5.82 Å². The van der Waals surface area contributed by atoms with Gasteiger partial charge in [0.1, 0.15) is 0 Å². The van der Waals surface area contributed by atoms with Gasteiger partial charge >= 0.3 is 0 Å². The van der Waals surface area contributed by atoms with Crippen LogP contribution in [-0.2, 0) is 20.4 Å². The van der Waals surface area contributed by atoms with E-state index < -0.39 is 15.6 Å². The van der Waals surface area contributed by atoms with Crippen LogP contribution in [0.2, 0.25) is 0 Å². The van der Waals surface area contributed by atoms with Crippen molar-refractivity contribution in [3.05, 3.63) is 41.5 Å². The molecule has 1 aromatic heterocycles. The van der Waals surface area contributed by atoms with Crippen LogP contribution < -0.4 is 5.32 Å².